The predicted molar refractivity (Wildman–Crippen MR) is 80.3 cm³/mol. The first-order valence-electron chi connectivity index (χ1n) is 7.73. The van der Waals surface area contributed by atoms with Crippen LogP contribution in [0.25, 0.3) is 0 Å². The Labute approximate surface area is 126 Å². The van der Waals surface area contributed by atoms with Gasteiger partial charge in [-0.25, -0.2) is 0 Å². The van der Waals surface area contributed by atoms with Crippen molar-refractivity contribution in [1.82, 2.24) is 9.80 Å². The van der Waals surface area contributed by atoms with Crippen molar-refractivity contribution in [3.63, 3.8) is 0 Å². The van der Waals surface area contributed by atoms with Crippen LogP contribution < -0.4 is 0 Å². The van der Waals surface area contributed by atoms with Crippen molar-refractivity contribution in [3.05, 3.63) is 29.3 Å². The monoisotopic (exact) mass is 292 g/mol. The zero-order valence-corrected chi connectivity index (χ0v) is 12.5. The second-order valence-electron chi connectivity index (χ2n) is 5.69. The van der Waals surface area contributed by atoms with Gasteiger partial charge in [-0.2, -0.15) is 0 Å². The molecule has 0 bridgehead atoms. The van der Waals surface area contributed by atoms with Crippen molar-refractivity contribution in [2.24, 2.45) is 0 Å². The van der Waals surface area contributed by atoms with Crippen LogP contribution in [0, 0.1) is 0 Å². The van der Waals surface area contributed by atoms with E-state index in [1.165, 1.54) is 5.56 Å². The van der Waals surface area contributed by atoms with Gasteiger partial charge in [0.25, 0.3) is 0 Å². The number of rotatable bonds is 4. The highest BCUT2D eigenvalue weighted by Gasteiger charge is 2.18. The first kappa shape index (κ1) is 14.8. The summed E-state index contributed by atoms with van der Waals surface area (Å²) in [5.41, 5.74) is 2.29. The Morgan fingerprint density at radius 1 is 0.857 bits per heavy atom. The third kappa shape index (κ3) is 3.95. The lowest BCUT2D eigenvalue weighted by molar-refractivity contribution is 0.0307. The minimum Gasteiger partial charge on any atom is -0.508 e. The molecule has 21 heavy (non-hydrogen) atoms. The van der Waals surface area contributed by atoms with E-state index in [0.29, 0.717) is 5.75 Å². The number of hydrogen-bond donors (Lipinski definition) is 1. The van der Waals surface area contributed by atoms with E-state index < -0.39 is 0 Å². The lowest BCUT2D eigenvalue weighted by atomic mass is 10.0. The minimum absolute atomic E-state index is 0.409. The first-order chi connectivity index (χ1) is 10.3. The SMILES string of the molecule is Oc1cccc(CN2CCOCC2)c1CN1CCOCC1. The van der Waals surface area contributed by atoms with Gasteiger partial charge in [0, 0.05) is 44.8 Å². The topological polar surface area (TPSA) is 45.2 Å². The lowest BCUT2D eigenvalue weighted by Crippen LogP contribution is -2.37. The Morgan fingerprint density at radius 3 is 2.05 bits per heavy atom. The van der Waals surface area contributed by atoms with E-state index in [1.54, 1.807) is 6.07 Å². The van der Waals surface area contributed by atoms with E-state index in [1.807, 2.05) is 6.07 Å². The van der Waals surface area contributed by atoms with Crippen molar-refractivity contribution in [2.75, 3.05) is 52.6 Å². The smallest absolute Gasteiger partial charge is 0.120 e. The summed E-state index contributed by atoms with van der Waals surface area (Å²) in [6.07, 6.45) is 0. The first-order valence-corrected chi connectivity index (χ1v) is 7.73. The number of benzene rings is 1. The van der Waals surface area contributed by atoms with Crippen LogP contribution in [0.15, 0.2) is 18.2 Å². The van der Waals surface area contributed by atoms with E-state index in [9.17, 15) is 5.11 Å². The summed E-state index contributed by atoms with van der Waals surface area (Å²) in [4.78, 5) is 4.74. The molecule has 0 aliphatic carbocycles. The van der Waals surface area contributed by atoms with E-state index in [0.717, 1.165) is 71.3 Å². The molecule has 0 spiro atoms. The summed E-state index contributed by atoms with van der Waals surface area (Å²) in [6, 6.07) is 5.86. The summed E-state index contributed by atoms with van der Waals surface area (Å²) in [5, 5.41) is 10.3. The van der Waals surface area contributed by atoms with Gasteiger partial charge in [0.2, 0.25) is 0 Å². The minimum atomic E-state index is 0.409. The number of nitrogens with zero attached hydrogens (tertiary/aromatic N) is 2. The molecule has 116 valence electrons. The van der Waals surface area contributed by atoms with Crippen LogP contribution in [0.2, 0.25) is 0 Å². The maximum atomic E-state index is 10.3. The number of hydrogen-bond acceptors (Lipinski definition) is 5. The second-order valence-corrected chi connectivity index (χ2v) is 5.69. The molecule has 0 amide bonds. The summed E-state index contributed by atoms with van der Waals surface area (Å²) in [7, 11) is 0. The van der Waals surface area contributed by atoms with Gasteiger partial charge in [-0.05, 0) is 11.6 Å². The van der Waals surface area contributed by atoms with Gasteiger partial charge in [0.15, 0.2) is 0 Å². The number of phenolic OH excluding ortho intramolecular Hbond substituents is 1. The van der Waals surface area contributed by atoms with Crippen molar-refractivity contribution >= 4 is 0 Å². The van der Waals surface area contributed by atoms with Crippen LogP contribution in [0.3, 0.4) is 0 Å². The molecule has 3 rings (SSSR count). The molecule has 0 atom stereocenters. The summed E-state index contributed by atoms with van der Waals surface area (Å²) < 4.78 is 10.8. The van der Waals surface area contributed by atoms with E-state index in [2.05, 4.69) is 15.9 Å². The molecule has 2 saturated heterocycles. The molecule has 5 nitrogen and oxygen atoms in total. The van der Waals surface area contributed by atoms with Crippen LogP contribution >= 0.6 is 0 Å². The highest BCUT2D eigenvalue weighted by Crippen LogP contribution is 2.24. The molecule has 0 unspecified atom stereocenters. The van der Waals surface area contributed by atoms with E-state index in [-0.39, 0.29) is 0 Å². The van der Waals surface area contributed by atoms with Crippen LogP contribution in [0.5, 0.6) is 5.75 Å². The Morgan fingerprint density at radius 2 is 1.43 bits per heavy atom. The fourth-order valence-electron chi connectivity index (χ4n) is 2.93. The lowest BCUT2D eigenvalue weighted by Gasteiger charge is -2.30. The van der Waals surface area contributed by atoms with Gasteiger partial charge in [-0.1, -0.05) is 12.1 Å². The number of ether oxygens (including phenoxy) is 2. The molecule has 0 radical (unpaired) electrons. The van der Waals surface area contributed by atoms with E-state index >= 15 is 0 Å². The highest BCUT2D eigenvalue weighted by atomic mass is 16.5. The van der Waals surface area contributed by atoms with Gasteiger partial charge in [-0.15, -0.1) is 0 Å². The van der Waals surface area contributed by atoms with Gasteiger partial charge < -0.3 is 14.6 Å². The van der Waals surface area contributed by atoms with Gasteiger partial charge in [0.05, 0.1) is 26.4 Å². The third-order valence-electron chi connectivity index (χ3n) is 4.23. The largest absolute Gasteiger partial charge is 0.508 e. The van der Waals surface area contributed by atoms with Crippen molar-refractivity contribution in [2.45, 2.75) is 13.1 Å². The van der Waals surface area contributed by atoms with Gasteiger partial charge in [-0.3, -0.25) is 9.80 Å². The fourth-order valence-corrected chi connectivity index (χ4v) is 2.93. The Bertz CT molecular complexity index is 455. The molecular formula is C16H24N2O3. The average Bonchev–Trinajstić information content (AvgIpc) is 2.53. The maximum absolute atomic E-state index is 10.3. The molecule has 0 saturated carbocycles. The van der Waals surface area contributed by atoms with Crippen LogP contribution in [-0.4, -0.2) is 67.5 Å². The third-order valence-corrected chi connectivity index (χ3v) is 4.23. The predicted octanol–water partition coefficient (Wildman–Crippen LogP) is 1.06. The molecule has 2 heterocycles. The zero-order chi connectivity index (χ0) is 14.5. The standard InChI is InChI=1S/C16H24N2O3/c19-16-3-1-2-14(12-17-4-8-20-9-5-17)15(16)13-18-6-10-21-11-7-18/h1-3,19H,4-13H2. The molecule has 1 aromatic carbocycles. The number of aromatic hydroxyl groups is 1. The van der Waals surface area contributed by atoms with E-state index in [4.69, 9.17) is 9.47 Å². The average molecular weight is 292 g/mol. The Hall–Kier alpha value is -1.14. The van der Waals surface area contributed by atoms with Crippen molar-refractivity contribution in [1.29, 1.82) is 0 Å². The summed E-state index contributed by atoms with van der Waals surface area (Å²) in [5.74, 6) is 0.409. The molecule has 2 aliphatic rings. The molecule has 1 aromatic rings. The number of phenols is 1. The van der Waals surface area contributed by atoms with Crippen molar-refractivity contribution < 1.29 is 14.6 Å². The highest BCUT2D eigenvalue weighted by molar-refractivity contribution is 5.39. The molecule has 2 aliphatic heterocycles. The fraction of sp³-hybridized carbons (Fsp3) is 0.625. The summed E-state index contributed by atoms with van der Waals surface area (Å²) in [6.45, 7) is 8.66. The molecule has 5 heteroatoms. The number of morpholine rings is 2. The van der Waals surface area contributed by atoms with Gasteiger partial charge >= 0.3 is 0 Å². The molecule has 1 N–H and O–H groups in total. The Kier molecular flexibility index (Phi) is 5.08. The van der Waals surface area contributed by atoms with Crippen molar-refractivity contribution in [3.8, 4) is 5.75 Å². The van der Waals surface area contributed by atoms with Crippen LogP contribution in [-0.2, 0) is 22.6 Å². The van der Waals surface area contributed by atoms with Crippen LogP contribution in [0.4, 0.5) is 0 Å². The second kappa shape index (κ2) is 7.22. The normalized spacial score (nSPS) is 21.5. The zero-order valence-electron chi connectivity index (χ0n) is 12.5. The van der Waals surface area contributed by atoms with Gasteiger partial charge in [0.1, 0.15) is 5.75 Å². The van der Waals surface area contributed by atoms with Crippen LogP contribution in [0.1, 0.15) is 11.1 Å². The molecular weight excluding hydrogens is 268 g/mol. The Balaban J connectivity index is 1.71. The molecule has 2 fully saturated rings. The maximum Gasteiger partial charge on any atom is 0.120 e. The summed E-state index contributed by atoms with van der Waals surface area (Å²) >= 11 is 0. The quantitative estimate of drug-likeness (QED) is 0.899. The molecule has 0 aromatic heterocycles.